The highest BCUT2D eigenvalue weighted by atomic mass is 32.2. The number of sulfone groups is 1. The first-order chi connectivity index (χ1) is 9.39. The molecule has 0 radical (unpaired) electrons. The van der Waals surface area contributed by atoms with E-state index in [0.717, 1.165) is 16.9 Å². The van der Waals surface area contributed by atoms with Gasteiger partial charge in [0, 0.05) is 6.04 Å². The van der Waals surface area contributed by atoms with E-state index in [-0.39, 0.29) is 29.9 Å². The molecule has 1 aliphatic heterocycles. The summed E-state index contributed by atoms with van der Waals surface area (Å²) in [5.41, 5.74) is 1.86. The van der Waals surface area contributed by atoms with Gasteiger partial charge in [0.15, 0.2) is 9.84 Å². The normalized spacial score (nSPS) is 20.6. The van der Waals surface area contributed by atoms with Crippen LogP contribution in [0.15, 0.2) is 18.2 Å². The number of rotatable bonds is 4. The van der Waals surface area contributed by atoms with Gasteiger partial charge in [-0.3, -0.25) is 4.79 Å². The summed E-state index contributed by atoms with van der Waals surface area (Å²) in [5, 5.41) is 2.78. The minimum Gasteiger partial charge on any atom is -0.496 e. The van der Waals surface area contributed by atoms with E-state index < -0.39 is 9.84 Å². The highest BCUT2D eigenvalue weighted by Crippen LogP contribution is 2.19. The van der Waals surface area contributed by atoms with Gasteiger partial charge in [0.25, 0.3) is 0 Å². The molecule has 1 fully saturated rings. The zero-order chi connectivity index (χ0) is 14.8. The van der Waals surface area contributed by atoms with E-state index in [1.165, 1.54) is 0 Å². The van der Waals surface area contributed by atoms with Gasteiger partial charge in [-0.05, 0) is 30.5 Å². The highest BCUT2D eigenvalue weighted by molar-refractivity contribution is 7.91. The van der Waals surface area contributed by atoms with Gasteiger partial charge < -0.3 is 10.1 Å². The highest BCUT2D eigenvalue weighted by Gasteiger charge is 2.28. The second-order valence-electron chi connectivity index (χ2n) is 5.15. The van der Waals surface area contributed by atoms with E-state index in [1.807, 2.05) is 25.1 Å². The maximum absolute atomic E-state index is 11.9. The standard InChI is InChI=1S/C14H19NO4S/c1-10-7-11(3-4-13(10)19-2)8-14(16)15-12-5-6-20(17,18)9-12/h3-4,7,12H,5-6,8-9H2,1-2H3,(H,15,16). The number of amides is 1. The Bertz CT molecular complexity index is 610. The molecule has 110 valence electrons. The minimum absolute atomic E-state index is 0.0559. The van der Waals surface area contributed by atoms with Gasteiger partial charge in [-0.25, -0.2) is 8.42 Å². The molecule has 1 aromatic rings. The van der Waals surface area contributed by atoms with Crippen LogP contribution in [0.3, 0.4) is 0 Å². The predicted octanol–water partition coefficient (Wildman–Crippen LogP) is 0.849. The van der Waals surface area contributed by atoms with Crippen molar-refractivity contribution in [2.24, 2.45) is 0 Å². The number of aryl methyl sites for hydroxylation is 1. The van der Waals surface area contributed by atoms with Crippen LogP contribution >= 0.6 is 0 Å². The molecular formula is C14H19NO4S. The van der Waals surface area contributed by atoms with Gasteiger partial charge >= 0.3 is 0 Å². The molecule has 1 amide bonds. The molecule has 1 aromatic carbocycles. The number of carbonyl (C=O) groups is 1. The van der Waals surface area contributed by atoms with E-state index in [2.05, 4.69) is 5.32 Å². The van der Waals surface area contributed by atoms with Crippen molar-refractivity contribution in [2.45, 2.75) is 25.8 Å². The first kappa shape index (κ1) is 14.8. The molecule has 20 heavy (non-hydrogen) atoms. The summed E-state index contributed by atoms with van der Waals surface area (Å²) >= 11 is 0. The van der Waals surface area contributed by atoms with E-state index in [1.54, 1.807) is 7.11 Å². The first-order valence-electron chi connectivity index (χ1n) is 6.53. The van der Waals surface area contributed by atoms with Crippen molar-refractivity contribution in [2.75, 3.05) is 18.6 Å². The third-order valence-corrected chi connectivity index (χ3v) is 5.19. The van der Waals surface area contributed by atoms with Crippen LogP contribution in [0.5, 0.6) is 5.75 Å². The lowest BCUT2D eigenvalue weighted by Crippen LogP contribution is -2.36. The number of ether oxygens (including phenoxy) is 1. The molecule has 0 bridgehead atoms. The molecule has 5 nitrogen and oxygen atoms in total. The van der Waals surface area contributed by atoms with Gasteiger partial charge in [-0.15, -0.1) is 0 Å². The molecule has 1 atom stereocenters. The summed E-state index contributed by atoms with van der Waals surface area (Å²) < 4.78 is 27.8. The Labute approximate surface area is 119 Å². The van der Waals surface area contributed by atoms with Gasteiger partial charge in [-0.2, -0.15) is 0 Å². The van der Waals surface area contributed by atoms with Gasteiger partial charge in [-0.1, -0.05) is 12.1 Å². The second kappa shape index (κ2) is 5.83. The lowest BCUT2D eigenvalue weighted by atomic mass is 10.1. The van der Waals surface area contributed by atoms with Crippen molar-refractivity contribution >= 4 is 15.7 Å². The maximum atomic E-state index is 11.9. The number of hydrogen-bond donors (Lipinski definition) is 1. The lowest BCUT2D eigenvalue weighted by molar-refractivity contribution is -0.120. The molecule has 0 spiro atoms. The molecule has 2 rings (SSSR count). The predicted molar refractivity (Wildman–Crippen MR) is 76.6 cm³/mol. The Balaban J connectivity index is 1.93. The van der Waals surface area contributed by atoms with Crippen molar-refractivity contribution < 1.29 is 17.9 Å². The maximum Gasteiger partial charge on any atom is 0.224 e. The fraction of sp³-hybridized carbons (Fsp3) is 0.500. The van der Waals surface area contributed by atoms with Crippen molar-refractivity contribution in [1.29, 1.82) is 0 Å². The minimum atomic E-state index is -2.96. The van der Waals surface area contributed by atoms with Crippen LogP contribution in [0.25, 0.3) is 0 Å². The molecule has 1 N–H and O–H groups in total. The van der Waals surface area contributed by atoms with Crippen molar-refractivity contribution in [3.8, 4) is 5.75 Å². The summed E-state index contributed by atoms with van der Waals surface area (Å²) in [7, 11) is -1.35. The molecular weight excluding hydrogens is 278 g/mol. The average Bonchev–Trinajstić information content (AvgIpc) is 2.68. The van der Waals surface area contributed by atoms with Crippen molar-refractivity contribution in [3.63, 3.8) is 0 Å². The van der Waals surface area contributed by atoms with Crippen LogP contribution in [-0.4, -0.2) is 39.0 Å². The SMILES string of the molecule is COc1ccc(CC(=O)NC2CCS(=O)(=O)C2)cc1C. The van der Waals surface area contributed by atoms with Crippen molar-refractivity contribution in [1.82, 2.24) is 5.32 Å². The summed E-state index contributed by atoms with van der Waals surface area (Å²) in [6.45, 7) is 1.92. The molecule has 0 saturated carbocycles. The van der Waals surface area contributed by atoms with Crippen LogP contribution in [-0.2, 0) is 21.1 Å². The summed E-state index contributed by atoms with van der Waals surface area (Å²) in [4.78, 5) is 11.9. The largest absolute Gasteiger partial charge is 0.496 e. The number of hydrogen-bond acceptors (Lipinski definition) is 4. The second-order valence-corrected chi connectivity index (χ2v) is 7.38. The zero-order valence-electron chi connectivity index (χ0n) is 11.7. The van der Waals surface area contributed by atoms with E-state index in [4.69, 9.17) is 4.74 Å². The Hall–Kier alpha value is -1.56. The van der Waals surface area contributed by atoms with Gasteiger partial charge in [0.1, 0.15) is 5.75 Å². The number of carbonyl (C=O) groups excluding carboxylic acids is 1. The fourth-order valence-electron chi connectivity index (χ4n) is 2.42. The van der Waals surface area contributed by atoms with Crippen LogP contribution in [0.4, 0.5) is 0 Å². The molecule has 0 aromatic heterocycles. The van der Waals surface area contributed by atoms with E-state index >= 15 is 0 Å². The number of nitrogens with one attached hydrogen (secondary N) is 1. The summed E-state index contributed by atoms with van der Waals surface area (Å²) in [6, 6.07) is 5.34. The van der Waals surface area contributed by atoms with E-state index in [9.17, 15) is 13.2 Å². The van der Waals surface area contributed by atoms with Gasteiger partial charge in [0.2, 0.25) is 5.91 Å². The Morgan fingerprint density at radius 1 is 1.45 bits per heavy atom. The van der Waals surface area contributed by atoms with Crippen LogP contribution in [0.2, 0.25) is 0 Å². The number of benzene rings is 1. The average molecular weight is 297 g/mol. The molecule has 1 heterocycles. The first-order valence-corrected chi connectivity index (χ1v) is 8.35. The smallest absolute Gasteiger partial charge is 0.224 e. The third kappa shape index (κ3) is 3.72. The molecule has 1 aliphatic rings. The molecule has 1 unspecified atom stereocenters. The lowest BCUT2D eigenvalue weighted by Gasteiger charge is -2.11. The summed E-state index contributed by atoms with van der Waals surface area (Å²) in [6.07, 6.45) is 0.761. The third-order valence-electron chi connectivity index (χ3n) is 3.42. The Morgan fingerprint density at radius 2 is 2.20 bits per heavy atom. The van der Waals surface area contributed by atoms with Crippen LogP contribution in [0.1, 0.15) is 17.5 Å². The Morgan fingerprint density at radius 3 is 2.75 bits per heavy atom. The topological polar surface area (TPSA) is 72.5 Å². The van der Waals surface area contributed by atoms with Crippen LogP contribution in [0, 0.1) is 6.92 Å². The van der Waals surface area contributed by atoms with Crippen LogP contribution < -0.4 is 10.1 Å². The van der Waals surface area contributed by atoms with Crippen molar-refractivity contribution in [3.05, 3.63) is 29.3 Å². The molecule has 0 aliphatic carbocycles. The summed E-state index contributed by atoms with van der Waals surface area (Å²) in [5.74, 6) is 0.868. The fourth-order valence-corrected chi connectivity index (χ4v) is 4.10. The number of methoxy groups -OCH3 is 1. The monoisotopic (exact) mass is 297 g/mol. The molecule has 1 saturated heterocycles. The van der Waals surface area contributed by atoms with E-state index in [0.29, 0.717) is 6.42 Å². The zero-order valence-corrected chi connectivity index (χ0v) is 12.5. The molecule has 6 heteroatoms. The van der Waals surface area contributed by atoms with Gasteiger partial charge in [0.05, 0.1) is 25.0 Å². The Kier molecular flexibility index (Phi) is 4.32. The quantitative estimate of drug-likeness (QED) is 0.894.